The number of carbonyl (C=O) groups is 1. The van der Waals surface area contributed by atoms with Gasteiger partial charge in [0.05, 0.1) is 11.0 Å². The molecule has 29 heavy (non-hydrogen) atoms. The van der Waals surface area contributed by atoms with Crippen LogP contribution in [0.3, 0.4) is 0 Å². The molecule has 0 aromatic heterocycles. The third-order valence-corrected chi connectivity index (χ3v) is 6.35. The normalized spacial score (nSPS) is 16.7. The van der Waals surface area contributed by atoms with Crippen molar-refractivity contribution in [3.63, 3.8) is 0 Å². The van der Waals surface area contributed by atoms with Gasteiger partial charge in [-0.3, -0.25) is 9.52 Å². The molecule has 0 saturated carbocycles. The molecule has 0 aliphatic carbocycles. The highest BCUT2D eigenvalue weighted by Gasteiger charge is 2.19. The molecule has 1 aliphatic rings. The van der Waals surface area contributed by atoms with E-state index in [4.69, 9.17) is 4.74 Å². The Morgan fingerprint density at radius 3 is 2.62 bits per heavy atom. The Hall–Kier alpha value is -2.17. The van der Waals surface area contributed by atoms with Crippen molar-refractivity contribution < 1.29 is 26.7 Å². The molecule has 1 atom stereocenters. The third kappa shape index (κ3) is 6.15. The number of carbonyl (C=O) groups excluding carboxylic acids is 1. The van der Waals surface area contributed by atoms with Crippen LogP contribution < -0.4 is 10.0 Å². The zero-order valence-electron chi connectivity index (χ0n) is 15.3. The van der Waals surface area contributed by atoms with E-state index in [1.165, 1.54) is 48.5 Å². The number of alkyl halides is 2. The average Bonchev–Trinajstić information content (AvgIpc) is 3.21. The third-order valence-electron chi connectivity index (χ3n) is 4.25. The summed E-state index contributed by atoms with van der Waals surface area (Å²) >= 11 is 0.376. The predicted molar refractivity (Wildman–Crippen MR) is 107 cm³/mol. The van der Waals surface area contributed by atoms with Gasteiger partial charge in [-0.2, -0.15) is 8.78 Å². The van der Waals surface area contributed by atoms with E-state index in [1.807, 2.05) is 0 Å². The van der Waals surface area contributed by atoms with Gasteiger partial charge < -0.3 is 10.1 Å². The summed E-state index contributed by atoms with van der Waals surface area (Å²) in [6.07, 6.45) is 1.83. The highest BCUT2D eigenvalue weighted by atomic mass is 32.2. The molecule has 156 valence electrons. The van der Waals surface area contributed by atoms with Gasteiger partial charge in [0, 0.05) is 29.3 Å². The lowest BCUT2D eigenvalue weighted by molar-refractivity contribution is 0.0857. The van der Waals surface area contributed by atoms with E-state index in [1.54, 1.807) is 0 Å². The Bertz CT molecular complexity index is 947. The second-order valence-electron chi connectivity index (χ2n) is 6.38. The molecule has 1 amide bonds. The summed E-state index contributed by atoms with van der Waals surface area (Å²) in [7, 11) is -3.95. The summed E-state index contributed by atoms with van der Waals surface area (Å²) < 4.78 is 57.8. The number of thioether (sulfide) groups is 1. The number of hydrogen-bond donors (Lipinski definition) is 2. The van der Waals surface area contributed by atoms with Crippen molar-refractivity contribution in [2.24, 2.45) is 0 Å². The Morgan fingerprint density at radius 1 is 1.21 bits per heavy atom. The molecule has 2 aromatic rings. The number of nitrogens with one attached hydrogen (secondary N) is 2. The number of benzene rings is 2. The van der Waals surface area contributed by atoms with Crippen LogP contribution in [0.25, 0.3) is 0 Å². The van der Waals surface area contributed by atoms with E-state index in [0.29, 0.717) is 29.8 Å². The van der Waals surface area contributed by atoms with Gasteiger partial charge in [-0.25, -0.2) is 8.42 Å². The fourth-order valence-corrected chi connectivity index (χ4v) is 4.44. The summed E-state index contributed by atoms with van der Waals surface area (Å²) in [4.78, 5) is 12.6. The van der Waals surface area contributed by atoms with Crippen LogP contribution in [0.5, 0.6) is 0 Å². The van der Waals surface area contributed by atoms with Crippen molar-refractivity contribution in [1.82, 2.24) is 5.32 Å². The Labute approximate surface area is 172 Å². The van der Waals surface area contributed by atoms with Crippen LogP contribution in [-0.2, 0) is 14.8 Å². The number of sulfonamides is 1. The number of rotatable bonds is 8. The second kappa shape index (κ2) is 9.55. The average molecular weight is 443 g/mol. The van der Waals surface area contributed by atoms with E-state index in [0.717, 1.165) is 12.8 Å². The van der Waals surface area contributed by atoms with E-state index in [2.05, 4.69) is 10.0 Å². The van der Waals surface area contributed by atoms with Crippen LogP contribution in [0.15, 0.2) is 58.3 Å². The van der Waals surface area contributed by atoms with Crippen molar-refractivity contribution >= 4 is 33.4 Å². The molecule has 1 heterocycles. The van der Waals surface area contributed by atoms with Crippen LogP contribution in [0, 0.1) is 0 Å². The topological polar surface area (TPSA) is 84.5 Å². The number of halogens is 2. The predicted octanol–water partition coefficient (Wildman–Crippen LogP) is 3.71. The quantitative estimate of drug-likeness (QED) is 0.609. The molecule has 10 heteroatoms. The standard InChI is InChI=1S/C19H20F2N2O4S2/c20-19(21)28-16-8-6-14(7-9-16)23-29(25,26)17-5-1-3-13(11-17)18(24)22-12-15-4-2-10-27-15/h1,3,5-9,11,15,19,23H,2,4,10,12H2,(H,22,24)/t15-/m0/s1. The lowest BCUT2D eigenvalue weighted by Gasteiger charge is -2.12. The summed E-state index contributed by atoms with van der Waals surface area (Å²) in [6.45, 7) is 1.05. The van der Waals surface area contributed by atoms with Crippen molar-refractivity contribution in [3.05, 3.63) is 54.1 Å². The fraction of sp³-hybridized carbons (Fsp3) is 0.316. The summed E-state index contributed by atoms with van der Waals surface area (Å²) in [5.74, 6) is -2.93. The number of hydrogen-bond acceptors (Lipinski definition) is 5. The van der Waals surface area contributed by atoms with E-state index in [9.17, 15) is 22.0 Å². The van der Waals surface area contributed by atoms with E-state index >= 15 is 0 Å². The number of amides is 1. The summed E-state index contributed by atoms with van der Waals surface area (Å²) in [6, 6.07) is 11.3. The van der Waals surface area contributed by atoms with E-state index < -0.39 is 15.8 Å². The van der Waals surface area contributed by atoms with Crippen molar-refractivity contribution in [2.75, 3.05) is 17.9 Å². The maximum absolute atomic E-state index is 12.6. The SMILES string of the molecule is O=C(NC[C@@H]1CCCO1)c1cccc(S(=O)(=O)Nc2ccc(SC(F)F)cc2)c1. The lowest BCUT2D eigenvalue weighted by Crippen LogP contribution is -2.31. The minimum Gasteiger partial charge on any atom is -0.376 e. The minimum absolute atomic E-state index is 0.0151. The summed E-state index contributed by atoms with van der Waals surface area (Å²) in [5, 5.41) is 2.75. The largest absolute Gasteiger partial charge is 0.376 e. The van der Waals surface area contributed by atoms with Gasteiger partial charge in [0.25, 0.3) is 21.7 Å². The van der Waals surface area contributed by atoms with Gasteiger partial charge in [0.2, 0.25) is 0 Å². The molecule has 1 saturated heterocycles. The molecule has 0 bridgehead atoms. The molecular formula is C19H20F2N2O4S2. The van der Waals surface area contributed by atoms with E-state index in [-0.39, 0.29) is 28.2 Å². The Kier molecular flexibility index (Phi) is 7.09. The number of ether oxygens (including phenoxy) is 1. The zero-order chi connectivity index (χ0) is 20.9. The number of anilines is 1. The molecule has 3 rings (SSSR count). The zero-order valence-corrected chi connectivity index (χ0v) is 16.9. The molecule has 2 aromatic carbocycles. The lowest BCUT2D eigenvalue weighted by atomic mass is 10.2. The van der Waals surface area contributed by atoms with Crippen LogP contribution >= 0.6 is 11.8 Å². The van der Waals surface area contributed by atoms with Crippen molar-refractivity contribution in [3.8, 4) is 0 Å². The first-order valence-electron chi connectivity index (χ1n) is 8.91. The van der Waals surface area contributed by atoms with Gasteiger partial charge in [-0.15, -0.1) is 0 Å². The molecule has 1 fully saturated rings. The fourth-order valence-electron chi connectivity index (χ4n) is 2.84. The summed E-state index contributed by atoms with van der Waals surface area (Å²) in [5.41, 5.74) is 0.450. The first kappa shape index (κ1) is 21.5. The maximum atomic E-state index is 12.6. The maximum Gasteiger partial charge on any atom is 0.288 e. The highest BCUT2D eigenvalue weighted by Crippen LogP contribution is 2.27. The molecule has 0 spiro atoms. The Morgan fingerprint density at radius 2 is 1.97 bits per heavy atom. The molecule has 0 radical (unpaired) electrons. The molecule has 2 N–H and O–H groups in total. The second-order valence-corrected chi connectivity index (χ2v) is 9.13. The molecule has 1 aliphatic heterocycles. The van der Waals surface area contributed by atoms with Crippen molar-refractivity contribution in [1.29, 1.82) is 0 Å². The molecule has 6 nitrogen and oxygen atoms in total. The van der Waals surface area contributed by atoms with Crippen LogP contribution in [-0.4, -0.2) is 39.3 Å². The molecular weight excluding hydrogens is 422 g/mol. The van der Waals surface area contributed by atoms with Crippen LogP contribution in [0.4, 0.5) is 14.5 Å². The van der Waals surface area contributed by atoms with Crippen molar-refractivity contribution in [2.45, 2.75) is 34.5 Å². The van der Waals surface area contributed by atoms with Gasteiger partial charge >= 0.3 is 0 Å². The van der Waals surface area contributed by atoms with Gasteiger partial charge in [0.15, 0.2) is 0 Å². The van der Waals surface area contributed by atoms with Gasteiger partial charge in [-0.05, 0) is 55.3 Å². The van der Waals surface area contributed by atoms with Gasteiger partial charge in [-0.1, -0.05) is 17.8 Å². The van der Waals surface area contributed by atoms with Crippen LogP contribution in [0.1, 0.15) is 23.2 Å². The van der Waals surface area contributed by atoms with Gasteiger partial charge in [0.1, 0.15) is 0 Å². The highest BCUT2D eigenvalue weighted by molar-refractivity contribution is 7.99. The monoisotopic (exact) mass is 442 g/mol. The Balaban J connectivity index is 1.67. The molecule has 0 unspecified atom stereocenters. The first-order valence-corrected chi connectivity index (χ1v) is 11.3. The minimum atomic E-state index is -3.95. The first-order chi connectivity index (χ1) is 13.8. The van der Waals surface area contributed by atoms with Crippen LogP contribution in [0.2, 0.25) is 0 Å². The smallest absolute Gasteiger partial charge is 0.288 e.